The highest BCUT2D eigenvalue weighted by Crippen LogP contribution is 2.16. The number of nitrogens with one attached hydrogen (secondary N) is 2. The summed E-state index contributed by atoms with van der Waals surface area (Å²) in [5, 5.41) is 15.7. The van der Waals surface area contributed by atoms with Gasteiger partial charge in [-0.1, -0.05) is 18.2 Å². The van der Waals surface area contributed by atoms with Crippen LogP contribution in [0.4, 0.5) is 0 Å². The summed E-state index contributed by atoms with van der Waals surface area (Å²) < 4.78 is 0. The first-order chi connectivity index (χ1) is 8.75. The number of para-hydroxylation sites is 1. The molecule has 0 radical (unpaired) electrons. The topological polar surface area (TPSA) is 61.4 Å². The summed E-state index contributed by atoms with van der Waals surface area (Å²) in [6.07, 6.45) is 2.84. The van der Waals surface area contributed by atoms with Crippen LogP contribution in [0.1, 0.15) is 24.8 Å². The van der Waals surface area contributed by atoms with Crippen molar-refractivity contribution in [3.05, 3.63) is 29.8 Å². The minimum Gasteiger partial charge on any atom is -0.508 e. The Hall–Kier alpha value is -1.55. The largest absolute Gasteiger partial charge is 0.508 e. The van der Waals surface area contributed by atoms with Gasteiger partial charge in [0.05, 0.1) is 0 Å². The number of piperidine rings is 1. The second kappa shape index (κ2) is 6.40. The first kappa shape index (κ1) is 12.9. The number of phenols is 1. The monoisotopic (exact) mass is 248 g/mol. The lowest BCUT2D eigenvalue weighted by Crippen LogP contribution is -2.34. The highest BCUT2D eigenvalue weighted by molar-refractivity contribution is 5.76. The molecule has 0 saturated carbocycles. The molecule has 18 heavy (non-hydrogen) atoms. The van der Waals surface area contributed by atoms with Crippen LogP contribution in [0.3, 0.4) is 0 Å². The normalized spacial score (nSPS) is 19.4. The molecule has 1 aliphatic heterocycles. The molecule has 0 aromatic heterocycles. The second-order valence-corrected chi connectivity index (χ2v) is 4.82. The number of carbonyl (C=O) groups excluding carboxylic acids is 1. The van der Waals surface area contributed by atoms with E-state index in [-0.39, 0.29) is 11.7 Å². The Balaban J connectivity index is 1.76. The van der Waals surface area contributed by atoms with E-state index >= 15 is 0 Å². The number of rotatable bonds is 4. The quantitative estimate of drug-likeness (QED) is 0.754. The van der Waals surface area contributed by atoms with E-state index in [0.717, 1.165) is 31.5 Å². The average Bonchev–Trinajstić information content (AvgIpc) is 2.39. The van der Waals surface area contributed by atoms with Crippen LogP contribution in [-0.2, 0) is 11.3 Å². The van der Waals surface area contributed by atoms with Gasteiger partial charge in [0.2, 0.25) is 5.91 Å². The summed E-state index contributed by atoms with van der Waals surface area (Å²) in [4.78, 5) is 11.8. The van der Waals surface area contributed by atoms with Crippen molar-refractivity contribution < 1.29 is 9.90 Å². The molecule has 0 spiro atoms. The molecule has 1 heterocycles. The van der Waals surface area contributed by atoms with Crippen LogP contribution < -0.4 is 10.6 Å². The minimum atomic E-state index is 0.0620. The van der Waals surface area contributed by atoms with Crippen molar-refractivity contribution in [3.63, 3.8) is 0 Å². The van der Waals surface area contributed by atoms with Crippen LogP contribution in [0.15, 0.2) is 24.3 Å². The molecule has 0 bridgehead atoms. The van der Waals surface area contributed by atoms with Gasteiger partial charge in [-0.2, -0.15) is 0 Å². The van der Waals surface area contributed by atoms with Gasteiger partial charge in [0.1, 0.15) is 5.75 Å². The Morgan fingerprint density at radius 3 is 3.00 bits per heavy atom. The summed E-state index contributed by atoms with van der Waals surface area (Å²) >= 11 is 0. The third-order valence-corrected chi connectivity index (χ3v) is 3.34. The van der Waals surface area contributed by atoms with Crippen LogP contribution >= 0.6 is 0 Å². The van der Waals surface area contributed by atoms with Crippen molar-refractivity contribution in [1.29, 1.82) is 0 Å². The Morgan fingerprint density at radius 1 is 1.44 bits per heavy atom. The van der Waals surface area contributed by atoms with Crippen molar-refractivity contribution >= 4 is 5.91 Å². The average molecular weight is 248 g/mol. The molecule has 0 aliphatic carbocycles. The maximum Gasteiger partial charge on any atom is 0.220 e. The van der Waals surface area contributed by atoms with Crippen LogP contribution in [0.5, 0.6) is 5.75 Å². The van der Waals surface area contributed by atoms with Gasteiger partial charge >= 0.3 is 0 Å². The number of aromatic hydroxyl groups is 1. The summed E-state index contributed by atoms with van der Waals surface area (Å²) in [6, 6.07) is 7.07. The lowest BCUT2D eigenvalue weighted by atomic mass is 9.96. The SMILES string of the molecule is O=C(CC1CCCNC1)NCc1ccccc1O. The van der Waals surface area contributed by atoms with Crippen molar-refractivity contribution in [3.8, 4) is 5.75 Å². The Labute approximate surface area is 107 Å². The van der Waals surface area contributed by atoms with Gasteiger partial charge in [-0.25, -0.2) is 0 Å². The van der Waals surface area contributed by atoms with Gasteiger partial charge in [0.25, 0.3) is 0 Å². The lowest BCUT2D eigenvalue weighted by Gasteiger charge is -2.22. The van der Waals surface area contributed by atoms with Gasteiger partial charge in [0, 0.05) is 18.5 Å². The molecular weight excluding hydrogens is 228 g/mol. The molecule has 2 rings (SSSR count). The number of hydrogen-bond donors (Lipinski definition) is 3. The number of carbonyl (C=O) groups is 1. The standard InChI is InChI=1S/C14H20N2O2/c17-13-6-2-1-5-12(13)10-16-14(18)8-11-4-3-7-15-9-11/h1-2,5-6,11,15,17H,3-4,7-10H2,(H,16,18). The molecule has 1 unspecified atom stereocenters. The zero-order chi connectivity index (χ0) is 12.8. The highest BCUT2D eigenvalue weighted by atomic mass is 16.3. The fourth-order valence-electron chi connectivity index (χ4n) is 2.29. The molecule has 1 fully saturated rings. The molecule has 98 valence electrons. The predicted octanol–water partition coefficient (Wildman–Crippen LogP) is 1.40. The van der Waals surface area contributed by atoms with Crippen molar-refractivity contribution in [1.82, 2.24) is 10.6 Å². The van der Waals surface area contributed by atoms with Crippen molar-refractivity contribution in [2.24, 2.45) is 5.92 Å². The van der Waals surface area contributed by atoms with Crippen LogP contribution in [-0.4, -0.2) is 24.1 Å². The van der Waals surface area contributed by atoms with Crippen molar-refractivity contribution in [2.75, 3.05) is 13.1 Å². The van der Waals surface area contributed by atoms with Crippen LogP contribution in [0, 0.1) is 5.92 Å². The van der Waals surface area contributed by atoms with E-state index in [4.69, 9.17) is 0 Å². The molecule has 1 atom stereocenters. The Kier molecular flexibility index (Phi) is 4.59. The number of hydrogen-bond acceptors (Lipinski definition) is 3. The van der Waals surface area contributed by atoms with E-state index in [2.05, 4.69) is 10.6 Å². The maximum atomic E-state index is 11.8. The molecule has 4 nitrogen and oxygen atoms in total. The molecule has 1 aromatic rings. The van der Waals surface area contributed by atoms with E-state index < -0.39 is 0 Å². The minimum absolute atomic E-state index is 0.0620. The van der Waals surface area contributed by atoms with E-state index in [1.807, 2.05) is 12.1 Å². The zero-order valence-electron chi connectivity index (χ0n) is 10.5. The van der Waals surface area contributed by atoms with Crippen molar-refractivity contribution in [2.45, 2.75) is 25.8 Å². The molecular formula is C14H20N2O2. The van der Waals surface area contributed by atoms with Crippen LogP contribution in [0.2, 0.25) is 0 Å². The number of phenolic OH excluding ortho intramolecular Hbond substituents is 1. The molecule has 4 heteroatoms. The van der Waals surface area contributed by atoms with E-state index in [1.54, 1.807) is 12.1 Å². The molecule has 3 N–H and O–H groups in total. The van der Waals surface area contributed by atoms with Gasteiger partial charge in [-0.3, -0.25) is 4.79 Å². The van der Waals surface area contributed by atoms with Gasteiger partial charge in [-0.15, -0.1) is 0 Å². The number of benzene rings is 1. The summed E-state index contributed by atoms with van der Waals surface area (Å²) in [6.45, 7) is 2.39. The van der Waals surface area contributed by atoms with E-state index in [1.165, 1.54) is 0 Å². The zero-order valence-corrected chi connectivity index (χ0v) is 10.5. The molecule has 1 amide bonds. The first-order valence-electron chi connectivity index (χ1n) is 6.50. The Bertz CT molecular complexity index is 401. The summed E-state index contributed by atoms with van der Waals surface area (Å²) in [5.74, 6) is 0.743. The van der Waals surface area contributed by atoms with E-state index in [9.17, 15) is 9.90 Å². The molecule has 1 saturated heterocycles. The predicted molar refractivity (Wildman–Crippen MR) is 70.2 cm³/mol. The molecule has 1 aromatic carbocycles. The third-order valence-electron chi connectivity index (χ3n) is 3.34. The summed E-state index contributed by atoms with van der Waals surface area (Å²) in [7, 11) is 0. The second-order valence-electron chi connectivity index (χ2n) is 4.82. The van der Waals surface area contributed by atoms with Gasteiger partial charge in [-0.05, 0) is 37.9 Å². The smallest absolute Gasteiger partial charge is 0.220 e. The fraction of sp³-hybridized carbons (Fsp3) is 0.500. The Morgan fingerprint density at radius 2 is 2.28 bits per heavy atom. The molecule has 1 aliphatic rings. The van der Waals surface area contributed by atoms with Crippen LogP contribution in [0.25, 0.3) is 0 Å². The lowest BCUT2D eigenvalue weighted by molar-refractivity contribution is -0.122. The highest BCUT2D eigenvalue weighted by Gasteiger charge is 2.16. The fourth-order valence-corrected chi connectivity index (χ4v) is 2.29. The maximum absolute atomic E-state index is 11.8. The number of amides is 1. The van der Waals surface area contributed by atoms with Gasteiger partial charge in [0.15, 0.2) is 0 Å². The summed E-state index contributed by atoms with van der Waals surface area (Å²) in [5.41, 5.74) is 0.757. The third kappa shape index (κ3) is 3.74. The van der Waals surface area contributed by atoms with Gasteiger partial charge < -0.3 is 15.7 Å². The first-order valence-corrected chi connectivity index (χ1v) is 6.50. The van der Waals surface area contributed by atoms with E-state index in [0.29, 0.717) is 18.9 Å².